The van der Waals surface area contributed by atoms with E-state index in [2.05, 4.69) is 15.5 Å². The Hall–Kier alpha value is -2.59. The third-order valence-corrected chi connectivity index (χ3v) is 5.41. The van der Waals surface area contributed by atoms with Crippen molar-refractivity contribution < 1.29 is 23.0 Å². The lowest BCUT2D eigenvalue weighted by atomic mass is 10.0. The molecule has 2 aromatic heterocycles. The Kier molecular flexibility index (Phi) is 5.46. The van der Waals surface area contributed by atoms with Gasteiger partial charge in [-0.25, -0.2) is 0 Å². The summed E-state index contributed by atoms with van der Waals surface area (Å²) in [5.41, 5.74) is 2.19. The normalized spacial score (nSPS) is 20.7. The third kappa shape index (κ3) is 4.59. The molecule has 1 saturated heterocycles. The Labute approximate surface area is 171 Å². The maximum Gasteiger partial charge on any atom is 0.390 e. The first-order valence-electron chi connectivity index (χ1n) is 9.83. The molecule has 0 amide bonds. The van der Waals surface area contributed by atoms with Crippen LogP contribution < -0.4 is 10.1 Å². The highest BCUT2D eigenvalue weighted by Gasteiger charge is 2.29. The zero-order valence-electron chi connectivity index (χ0n) is 16.7. The first kappa shape index (κ1) is 20.7. The maximum absolute atomic E-state index is 12.5. The van der Waals surface area contributed by atoms with E-state index in [9.17, 15) is 18.3 Å². The molecule has 0 radical (unpaired) electrons. The number of hydrogen-bond acceptors (Lipinski definition) is 5. The minimum atomic E-state index is -4.22. The SMILES string of the molecule is C[C@@H](Oc1cc(-c2cnn(CCC(F)(F)F)c2)cc2nn(C)cc12)[C@H]1CNC(O)C1. The van der Waals surface area contributed by atoms with E-state index in [1.807, 2.05) is 32.3 Å². The van der Waals surface area contributed by atoms with E-state index in [1.165, 1.54) is 4.68 Å². The number of fused-ring (bicyclic) bond motifs is 1. The van der Waals surface area contributed by atoms with Crippen LogP contribution in [0.1, 0.15) is 19.8 Å². The molecule has 30 heavy (non-hydrogen) atoms. The first-order valence-corrected chi connectivity index (χ1v) is 9.83. The van der Waals surface area contributed by atoms with Crippen molar-refractivity contribution in [2.24, 2.45) is 13.0 Å². The van der Waals surface area contributed by atoms with E-state index in [0.29, 0.717) is 24.3 Å². The molecule has 1 unspecified atom stereocenters. The van der Waals surface area contributed by atoms with E-state index < -0.39 is 18.8 Å². The molecule has 1 aliphatic heterocycles. The summed E-state index contributed by atoms with van der Waals surface area (Å²) in [6, 6.07) is 3.74. The molecule has 3 heterocycles. The molecule has 4 rings (SSSR count). The number of halogens is 3. The lowest BCUT2D eigenvalue weighted by Crippen LogP contribution is -2.25. The van der Waals surface area contributed by atoms with Crippen LogP contribution in [0.25, 0.3) is 22.0 Å². The highest BCUT2D eigenvalue weighted by Crippen LogP contribution is 2.34. The first-order chi connectivity index (χ1) is 14.2. The van der Waals surface area contributed by atoms with Crippen LogP contribution in [-0.4, -0.2) is 49.7 Å². The van der Waals surface area contributed by atoms with Gasteiger partial charge < -0.3 is 9.84 Å². The molecule has 3 aromatic rings. The molecule has 1 aromatic carbocycles. The molecule has 1 fully saturated rings. The minimum Gasteiger partial charge on any atom is -0.490 e. The van der Waals surface area contributed by atoms with Crippen molar-refractivity contribution in [3.8, 4) is 16.9 Å². The summed E-state index contributed by atoms with van der Waals surface area (Å²) in [6.45, 7) is 2.41. The molecular weight excluding hydrogens is 399 g/mol. The van der Waals surface area contributed by atoms with Crippen LogP contribution in [0.5, 0.6) is 5.75 Å². The average molecular weight is 423 g/mol. The Morgan fingerprint density at radius 2 is 2.10 bits per heavy atom. The monoisotopic (exact) mass is 423 g/mol. The van der Waals surface area contributed by atoms with Gasteiger partial charge in [-0.2, -0.15) is 23.4 Å². The smallest absolute Gasteiger partial charge is 0.390 e. The number of ether oxygens (including phenoxy) is 1. The number of benzene rings is 1. The molecule has 0 aliphatic carbocycles. The summed E-state index contributed by atoms with van der Waals surface area (Å²) in [7, 11) is 1.82. The zero-order chi connectivity index (χ0) is 21.5. The van der Waals surface area contributed by atoms with Gasteiger partial charge in [0.25, 0.3) is 0 Å². The number of aryl methyl sites for hydroxylation is 2. The second kappa shape index (κ2) is 7.92. The zero-order valence-corrected chi connectivity index (χ0v) is 16.7. The van der Waals surface area contributed by atoms with Gasteiger partial charge in [0.2, 0.25) is 0 Å². The number of aromatic nitrogens is 4. The molecule has 10 heteroatoms. The molecule has 0 bridgehead atoms. The fourth-order valence-electron chi connectivity index (χ4n) is 3.75. The van der Waals surface area contributed by atoms with Crippen LogP contribution in [0.4, 0.5) is 13.2 Å². The summed E-state index contributed by atoms with van der Waals surface area (Å²) < 4.78 is 46.7. The molecule has 1 aliphatic rings. The van der Waals surface area contributed by atoms with Crippen molar-refractivity contribution in [1.29, 1.82) is 0 Å². The van der Waals surface area contributed by atoms with Crippen molar-refractivity contribution in [1.82, 2.24) is 24.9 Å². The molecule has 0 spiro atoms. The van der Waals surface area contributed by atoms with Crippen molar-refractivity contribution in [2.75, 3.05) is 6.54 Å². The van der Waals surface area contributed by atoms with Crippen LogP contribution >= 0.6 is 0 Å². The van der Waals surface area contributed by atoms with Gasteiger partial charge in [0.15, 0.2) is 0 Å². The fraction of sp³-hybridized carbons (Fsp3) is 0.500. The number of aliphatic hydroxyl groups is 1. The molecular formula is C20H24F3N5O2. The summed E-state index contributed by atoms with van der Waals surface area (Å²) in [4.78, 5) is 0. The average Bonchev–Trinajstić information content (AvgIpc) is 3.38. The highest BCUT2D eigenvalue weighted by molar-refractivity contribution is 5.89. The van der Waals surface area contributed by atoms with Gasteiger partial charge in [-0.05, 0) is 31.0 Å². The summed E-state index contributed by atoms with van der Waals surface area (Å²) in [6.07, 6.45) is -0.181. The van der Waals surface area contributed by atoms with Gasteiger partial charge in [0, 0.05) is 44.0 Å². The minimum absolute atomic E-state index is 0.136. The maximum atomic E-state index is 12.5. The van der Waals surface area contributed by atoms with Gasteiger partial charge in [-0.15, -0.1) is 0 Å². The molecule has 3 atom stereocenters. The Morgan fingerprint density at radius 1 is 1.30 bits per heavy atom. The standard InChI is InChI=1S/C20H24F3N5O2/c1-12(14-7-19(29)24-8-14)30-18-6-13(5-17-16(18)11-27(2)26-17)15-9-25-28(10-15)4-3-20(21,22)23/h5-6,9-12,14,19,24,29H,3-4,7-8H2,1-2H3/t12-,14-,19?/m1/s1. The van der Waals surface area contributed by atoms with Crippen LogP contribution in [0.3, 0.4) is 0 Å². The Balaban J connectivity index is 1.61. The van der Waals surface area contributed by atoms with E-state index in [-0.39, 0.29) is 18.6 Å². The Morgan fingerprint density at radius 3 is 2.80 bits per heavy atom. The fourth-order valence-corrected chi connectivity index (χ4v) is 3.75. The number of rotatable bonds is 6. The van der Waals surface area contributed by atoms with Crippen LogP contribution in [0.15, 0.2) is 30.7 Å². The van der Waals surface area contributed by atoms with Crippen molar-refractivity contribution >= 4 is 10.9 Å². The van der Waals surface area contributed by atoms with E-state index >= 15 is 0 Å². The molecule has 7 nitrogen and oxygen atoms in total. The summed E-state index contributed by atoms with van der Waals surface area (Å²) >= 11 is 0. The predicted octanol–water partition coefficient (Wildman–Crippen LogP) is 3.08. The van der Waals surface area contributed by atoms with Gasteiger partial charge >= 0.3 is 6.18 Å². The summed E-state index contributed by atoms with van der Waals surface area (Å²) in [5.74, 6) is 0.813. The Bertz CT molecular complexity index is 1030. The largest absolute Gasteiger partial charge is 0.490 e. The lowest BCUT2D eigenvalue weighted by Gasteiger charge is -2.21. The number of nitrogens with zero attached hydrogens (tertiary/aromatic N) is 4. The van der Waals surface area contributed by atoms with Crippen LogP contribution in [0, 0.1) is 5.92 Å². The lowest BCUT2D eigenvalue weighted by molar-refractivity contribution is -0.137. The topological polar surface area (TPSA) is 77.1 Å². The van der Waals surface area contributed by atoms with Crippen molar-refractivity contribution in [2.45, 2.75) is 44.8 Å². The van der Waals surface area contributed by atoms with E-state index in [0.717, 1.165) is 16.5 Å². The quantitative estimate of drug-likeness (QED) is 0.637. The molecule has 162 valence electrons. The molecule has 2 N–H and O–H groups in total. The van der Waals surface area contributed by atoms with Crippen LogP contribution in [-0.2, 0) is 13.6 Å². The number of nitrogens with one attached hydrogen (secondary N) is 1. The highest BCUT2D eigenvalue weighted by atomic mass is 19.4. The number of alkyl halides is 3. The number of hydrogen-bond donors (Lipinski definition) is 2. The van der Waals surface area contributed by atoms with Gasteiger partial charge in [-0.3, -0.25) is 14.7 Å². The second-order valence-electron chi connectivity index (χ2n) is 7.81. The molecule has 0 saturated carbocycles. The van der Waals surface area contributed by atoms with Gasteiger partial charge in [0.05, 0.1) is 23.5 Å². The second-order valence-corrected chi connectivity index (χ2v) is 7.81. The van der Waals surface area contributed by atoms with Crippen molar-refractivity contribution in [3.05, 3.63) is 30.7 Å². The van der Waals surface area contributed by atoms with Crippen molar-refractivity contribution in [3.63, 3.8) is 0 Å². The number of aliphatic hydroxyl groups excluding tert-OH is 1. The van der Waals surface area contributed by atoms with E-state index in [1.54, 1.807) is 17.1 Å². The third-order valence-electron chi connectivity index (χ3n) is 5.41. The van der Waals surface area contributed by atoms with Gasteiger partial charge in [-0.1, -0.05) is 0 Å². The van der Waals surface area contributed by atoms with E-state index in [4.69, 9.17) is 4.74 Å². The predicted molar refractivity (Wildman–Crippen MR) is 105 cm³/mol. The van der Waals surface area contributed by atoms with Gasteiger partial charge in [0.1, 0.15) is 18.1 Å². The summed E-state index contributed by atoms with van der Waals surface area (Å²) in [5, 5.41) is 22.1. The van der Waals surface area contributed by atoms with Crippen LogP contribution in [0.2, 0.25) is 0 Å².